The molecule has 0 saturated carbocycles. The van der Waals surface area contributed by atoms with Gasteiger partial charge in [-0.2, -0.15) is 4.31 Å². The van der Waals surface area contributed by atoms with Crippen molar-refractivity contribution in [1.82, 2.24) is 4.31 Å². The van der Waals surface area contributed by atoms with E-state index in [9.17, 15) is 23.3 Å². The SMILES string of the molecule is Cc1ccc(NC(=O)C2CCN(S(=O)(=O)c3ccc(Cl)c([N+](=O)[O-])c3)CC2)cc1Cl. The molecule has 11 heteroatoms. The Morgan fingerprint density at radius 3 is 2.40 bits per heavy atom. The van der Waals surface area contributed by atoms with E-state index >= 15 is 0 Å². The van der Waals surface area contributed by atoms with Gasteiger partial charge in [-0.05, 0) is 49.6 Å². The van der Waals surface area contributed by atoms with Crippen molar-refractivity contribution in [2.75, 3.05) is 18.4 Å². The van der Waals surface area contributed by atoms with E-state index in [0.717, 1.165) is 11.6 Å². The number of halogens is 2. The van der Waals surface area contributed by atoms with Crippen LogP contribution < -0.4 is 5.32 Å². The number of rotatable bonds is 5. The third-order valence-electron chi connectivity index (χ3n) is 5.02. The van der Waals surface area contributed by atoms with E-state index in [4.69, 9.17) is 23.2 Å². The summed E-state index contributed by atoms with van der Waals surface area (Å²) in [5, 5.41) is 14.3. The van der Waals surface area contributed by atoms with Crippen LogP contribution in [0.25, 0.3) is 0 Å². The molecule has 1 N–H and O–H groups in total. The molecule has 2 aromatic rings. The fraction of sp³-hybridized carbons (Fsp3) is 0.316. The quantitative estimate of drug-likeness (QED) is 0.517. The number of anilines is 1. The maximum Gasteiger partial charge on any atom is 0.289 e. The van der Waals surface area contributed by atoms with Crippen LogP contribution in [0.4, 0.5) is 11.4 Å². The van der Waals surface area contributed by atoms with E-state index in [1.165, 1.54) is 16.4 Å². The van der Waals surface area contributed by atoms with Crippen LogP contribution in [0.1, 0.15) is 18.4 Å². The van der Waals surface area contributed by atoms with Gasteiger partial charge in [-0.15, -0.1) is 0 Å². The van der Waals surface area contributed by atoms with E-state index in [-0.39, 0.29) is 34.8 Å². The van der Waals surface area contributed by atoms with E-state index < -0.39 is 20.6 Å². The molecular formula is C19H19Cl2N3O5S. The van der Waals surface area contributed by atoms with Crippen LogP contribution in [0.15, 0.2) is 41.3 Å². The van der Waals surface area contributed by atoms with Crippen LogP contribution in [-0.4, -0.2) is 36.6 Å². The molecule has 0 bridgehead atoms. The Balaban J connectivity index is 1.67. The highest BCUT2D eigenvalue weighted by atomic mass is 35.5. The number of hydrogen-bond donors (Lipinski definition) is 1. The number of carbonyl (C=O) groups is 1. The molecule has 30 heavy (non-hydrogen) atoms. The molecule has 8 nitrogen and oxygen atoms in total. The van der Waals surface area contributed by atoms with Crippen molar-refractivity contribution < 1.29 is 18.1 Å². The Morgan fingerprint density at radius 2 is 1.80 bits per heavy atom. The summed E-state index contributed by atoms with van der Waals surface area (Å²) in [6.45, 7) is 2.12. The second-order valence-electron chi connectivity index (χ2n) is 7.00. The normalized spacial score (nSPS) is 15.7. The second kappa shape index (κ2) is 8.89. The van der Waals surface area contributed by atoms with Gasteiger partial charge in [-0.25, -0.2) is 8.42 Å². The number of nitro groups is 1. The highest BCUT2D eigenvalue weighted by Gasteiger charge is 2.33. The molecule has 1 aliphatic heterocycles. The maximum atomic E-state index is 12.9. The van der Waals surface area contributed by atoms with Gasteiger partial charge in [0.2, 0.25) is 15.9 Å². The van der Waals surface area contributed by atoms with Crippen molar-refractivity contribution in [3.8, 4) is 0 Å². The third-order valence-corrected chi connectivity index (χ3v) is 7.64. The summed E-state index contributed by atoms with van der Waals surface area (Å²) in [6.07, 6.45) is 0.667. The molecule has 0 aromatic heterocycles. The molecule has 3 rings (SSSR count). The lowest BCUT2D eigenvalue weighted by molar-refractivity contribution is -0.384. The van der Waals surface area contributed by atoms with E-state index in [1.807, 2.05) is 6.92 Å². The van der Waals surface area contributed by atoms with Crippen LogP contribution in [0, 0.1) is 23.0 Å². The molecule has 160 valence electrons. The highest BCUT2D eigenvalue weighted by Crippen LogP contribution is 2.30. The zero-order chi connectivity index (χ0) is 22.1. The van der Waals surface area contributed by atoms with Gasteiger partial charge in [-0.1, -0.05) is 29.3 Å². The Kier molecular flexibility index (Phi) is 6.66. The number of piperidine rings is 1. The number of benzene rings is 2. The third kappa shape index (κ3) is 4.75. The minimum atomic E-state index is -3.93. The Labute approximate surface area is 184 Å². The monoisotopic (exact) mass is 471 g/mol. The summed E-state index contributed by atoms with van der Waals surface area (Å²) in [5.74, 6) is -0.551. The fourth-order valence-electron chi connectivity index (χ4n) is 3.22. The Hall–Kier alpha value is -2.20. The topological polar surface area (TPSA) is 110 Å². The zero-order valence-corrected chi connectivity index (χ0v) is 18.3. The molecular weight excluding hydrogens is 453 g/mol. The van der Waals surface area contributed by atoms with Crippen molar-refractivity contribution in [3.63, 3.8) is 0 Å². The summed E-state index contributed by atoms with van der Waals surface area (Å²) in [4.78, 5) is 22.7. The van der Waals surface area contributed by atoms with Crippen molar-refractivity contribution in [3.05, 3.63) is 62.1 Å². The first kappa shape index (κ1) is 22.5. The predicted molar refractivity (Wildman–Crippen MR) is 114 cm³/mol. The average Bonchev–Trinajstić information content (AvgIpc) is 2.70. The minimum absolute atomic E-state index is 0.130. The number of nitrogens with one attached hydrogen (secondary N) is 1. The van der Waals surface area contributed by atoms with E-state index in [1.54, 1.807) is 18.2 Å². The molecule has 1 fully saturated rings. The maximum absolute atomic E-state index is 12.9. The summed E-state index contributed by atoms with van der Waals surface area (Å²) in [6, 6.07) is 8.62. The van der Waals surface area contributed by atoms with Gasteiger partial charge >= 0.3 is 0 Å². The summed E-state index contributed by atoms with van der Waals surface area (Å²) in [5.41, 5.74) is 1.01. The molecule has 0 radical (unpaired) electrons. The van der Waals surface area contributed by atoms with Gasteiger partial charge < -0.3 is 5.32 Å². The van der Waals surface area contributed by atoms with Crippen LogP contribution in [0.3, 0.4) is 0 Å². The number of nitrogens with zero attached hydrogens (tertiary/aromatic N) is 2. The lowest BCUT2D eigenvalue weighted by atomic mass is 9.97. The van der Waals surface area contributed by atoms with Gasteiger partial charge in [0.15, 0.2) is 0 Å². The first-order chi connectivity index (χ1) is 14.1. The van der Waals surface area contributed by atoms with Crippen molar-refractivity contribution in [2.24, 2.45) is 5.92 Å². The number of aryl methyl sites for hydroxylation is 1. The van der Waals surface area contributed by atoms with Crippen LogP contribution in [-0.2, 0) is 14.8 Å². The summed E-state index contributed by atoms with van der Waals surface area (Å²) in [7, 11) is -3.93. The highest BCUT2D eigenvalue weighted by molar-refractivity contribution is 7.89. The number of carbonyl (C=O) groups excluding carboxylic acids is 1. The van der Waals surface area contributed by atoms with Gasteiger partial charge in [0.25, 0.3) is 5.69 Å². The largest absolute Gasteiger partial charge is 0.326 e. The zero-order valence-electron chi connectivity index (χ0n) is 16.0. The molecule has 2 aromatic carbocycles. The number of sulfonamides is 1. The Morgan fingerprint density at radius 1 is 1.13 bits per heavy atom. The molecule has 1 aliphatic rings. The van der Waals surface area contributed by atoms with Crippen LogP contribution in [0.5, 0.6) is 0 Å². The number of nitro benzene ring substituents is 1. The van der Waals surface area contributed by atoms with Gasteiger partial charge in [0.1, 0.15) is 5.02 Å². The molecule has 1 saturated heterocycles. The lowest BCUT2D eigenvalue weighted by Crippen LogP contribution is -2.41. The van der Waals surface area contributed by atoms with Crippen LogP contribution >= 0.6 is 23.2 Å². The predicted octanol–water partition coefficient (Wildman–Crippen LogP) is 4.25. The molecule has 0 aliphatic carbocycles. The first-order valence-corrected chi connectivity index (χ1v) is 11.3. The van der Waals surface area contributed by atoms with Crippen molar-refractivity contribution >= 4 is 50.5 Å². The fourth-order valence-corrected chi connectivity index (χ4v) is 5.07. The lowest BCUT2D eigenvalue weighted by Gasteiger charge is -2.30. The average molecular weight is 472 g/mol. The smallest absolute Gasteiger partial charge is 0.289 e. The summed E-state index contributed by atoms with van der Waals surface area (Å²) < 4.78 is 26.9. The molecule has 1 amide bonds. The second-order valence-corrected chi connectivity index (χ2v) is 9.75. The first-order valence-electron chi connectivity index (χ1n) is 9.10. The number of amides is 1. The van der Waals surface area contributed by atoms with Gasteiger partial charge in [-0.3, -0.25) is 14.9 Å². The van der Waals surface area contributed by atoms with Crippen molar-refractivity contribution in [1.29, 1.82) is 0 Å². The van der Waals surface area contributed by atoms with Crippen LogP contribution in [0.2, 0.25) is 10.0 Å². The van der Waals surface area contributed by atoms with E-state index in [2.05, 4.69) is 5.32 Å². The molecule has 0 spiro atoms. The molecule has 0 atom stereocenters. The minimum Gasteiger partial charge on any atom is -0.326 e. The summed E-state index contributed by atoms with van der Waals surface area (Å²) >= 11 is 11.8. The standard InChI is InChI=1S/C19H19Cl2N3O5S/c1-12-2-3-14(10-17(12)21)22-19(25)13-6-8-23(9-7-13)30(28,29)15-4-5-16(20)18(11-15)24(26)27/h2-5,10-11,13H,6-9H2,1H3,(H,22,25). The van der Waals surface area contributed by atoms with Gasteiger partial charge in [0, 0.05) is 35.8 Å². The molecule has 0 unspecified atom stereocenters. The Bertz CT molecular complexity index is 1100. The number of hydrogen-bond acceptors (Lipinski definition) is 5. The molecule has 1 heterocycles. The van der Waals surface area contributed by atoms with Crippen molar-refractivity contribution in [2.45, 2.75) is 24.7 Å². The van der Waals surface area contributed by atoms with Gasteiger partial charge in [0.05, 0.1) is 9.82 Å². The van der Waals surface area contributed by atoms with E-state index in [0.29, 0.717) is 23.6 Å².